The van der Waals surface area contributed by atoms with E-state index >= 15 is 0 Å². The molecule has 0 saturated heterocycles. The topological polar surface area (TPSA) is 0 Å². The van der Waals surface area contributed by atoms with Crippen molar-refractivity contribution in [1.82, 2.24) is 0 Å². The van der Waals surface area contributed by atoms with Gasteiger partial charge in [-0.25, -0.2) is 0 Å². The van der Waals surface area contributed by atoms with Crippen LogP contribution in [-0.2, 0) is 15.9 Å². The fourth-order valence-electron chi connectivity index (χ4n) is 5.85. The normalized spacial score (nSPS) is 29.0. The van der Waals surface area contributed by atoms with Gasteiger partial charge in [-0.2, -0.15) is 0 Å². The van der Waals surface area contributed by atoms with Gasteiger partial charge < -0.3 is 0 Å². The first kappa shape index (κ1) is 20.4. The van der Waals surface area contributed by atoms with Crippen molar-refractivity contribution >= 4 is 19.3 Å². The second-order valence-electron chi connectivity index (χ2n) is 9.95. The van der Waals surface area contributed by atoms with Crippen molar-refractivity contribution < 1.29 is 15.9 Å². The molecule has 0 aromatic rings. The van der Waals surface area contributed by atoms with Gasteiger partial charge in [-0.15, -0.1) is 12.4 Å². The van der Waals surface area contributed by atoms with Gasteiger partial charge in [0, 0.05) is 0 Å². The maximum atomic E-state index is 2.67. The van der Waals surface area contributed by atoms with Crippen molar-refractivity contribution in [2.45, 2.75) is 55.4 Å². The monoisotopic (exact) mass is 415 g/mol. The Labute approximate surface area is 142 Å². The Morgan fingerprint density at radius 1 is 0.773 bits per heavy atom. The summed E-state index contributed by atoms with van der Waals surface area (Å²) in [6, 6.07) is 0. The second kappa shape index (κ2) is 5.17. The number of hydrogen-bond donors (Lipinski definition) is 0. The summed E-state index contributed by atoms with van der Waals surface area (Å²) in [6.07, 6.45) is 4.88. The summed E-state index contributed by atoms with van der Waals surface area (Å²) in [6.45, 7) is 16.5. The zero-order valence-electron chi connectivity index (χ0n) is 15.9. The Kier molecular flexibility index (Phi) is 4.79. The van der Waals surface area contributed by atoms with Crippen LogP contribution in [0.2, 0.25) is 13.9 Å². The minimum Gasteiger partial charge on any atom is -0.147 e. The molecule has 0 aliphatic heterocycles. The fraction of sp³-hybridized carbons (Fsp3) is 0.579. The summed E-state index contributed by atoms with van der Waals surface area (Å²) in [5.41, 5.74) is 6.20. The quantitative estimate of drug-likeness (QED) is 0.479. The van der Waals surface area contributed by atoms with E-state index in [9.17, 15) is 0 Å². The molecule has 125 valence electrons. The molecular weight excluding hydrogens is 383 g/mol. The van der Waals surface area contributed by atoms with Gasteiger partial charge in [0.05, 0.1) is 0 Å². The first-order chi connectivity index (χ1) is 9.20. The van der Waals surface area contributed by atoms with E-state index in [1.54, 1.807) is 28.9 Å². The van der Waals surface area contributed by atoms with Gasteiger partial charge in [0.1, 0.15) is 0 Å². The molecule has 0 aromatic carbocycles. The van der Waals surface area contributed by atoms with E-state index in [1.807, 2.05) is 0 Å². The fourth-order valence-corrected chi connectivity index (χ4v) is 32.1. The Hall–Kier alpha value is 0.350. The molecule has 2 rings (SSSR count). The Morgan fingerprint density at radius 2 is 1.05 bits per heavy atom. The molecule has 22 heavy (non-hydrogen) atoms. The van der Waals surface area contributed by atoms with Crippen molar-refractivity contribution in [2.75, 3.05) is 0 Å². The zero-order valence-corrected chi connectivity index (χ0v) is 20.6. The van der Waals surface area contributed by atoms with E-state index in [2.05, 4.69) is 74.5 Å². The molecule has 0 spiro atoms. The molecule has 0 N–H and O–H groups in total. The number of allylic oxidation sites excluding steroid dienone is 8. The largest absolute Gasteiger partial charge is 0.147 e. The molecular formula is C19H34ClSiZr. The summed E-state index contributed by atoms with van der Waals surface area (Å²) in [4.78, 5) is 0. The Morgan fingerprint density at radius 3 is 1.23 bits per heavy atom. The second-order valence-corrected chi connectivity index (χ2v) is 51.6. The Balaban J connectivity index is 0.00000242. The van der Waals surface area contributed by atoms with Gasteiger partial charge in [0.15, 0.2) is 0 Å². The molecule has 0 heterocycles. The van der Waals surface area contributed by atoms with Crippen LogP contribution in [-0.4, -0.2) is 6.88 Å². The molecule has 0 nitrogen and oxygen atoms in total. The SMILES string of the molecule is CC1=CC(C)=[C]([Zr]([CH3])([CH3])([CH3])(=[SiH2])[C]2=C(C)C=C(C)C2C)C1C.Cl. The average molecular weight is 417 g/mol. The van der Waals surface area contributed by atoms with Crippen molar-refractivity contribution in [1.29, 1.82) is 0 Å². The average Bonchev–Trinajstić information content (AvgIpc) is 2.65. The summed E-state index contributed by atoms with van der Waals surface area (Å²) in [5.74, 6) is 1.24. The van der Waals surface area contributed by atoms with Crippen molar-refractivity contribution in [3.8, 4) is 0 Å². The van der Waals surface area contributed by atoms with E-state index in [0.29, 0.717) is 11.8 Å². The van der Waals surface area contributed by atoms with Gasteiger partial charge in [-0.05, 0) is 0 Å². The van der Waals surface area contributed by atoms with Crippen LogP contribution in [0.1, 0.15) is 41.5 Å². The number of halogens is 1. The van der Waals surface area contributed by atoms with Crippen LogP contribution in [0.25, 0.3) is 0 Å². The minimum atomic E-state index is -3.63. The molecule has 0 saturated carbocycles. The van der Waals surface area contributed by atoms with E-state index in [0.717, 1.165) is 0 Å². The van der Waals surface area contributed by atoms with Crippen molar-refractivity contribution in [3.63, 3.8) is 0 Å². The molecule has 0 aromatic heterocycles. The predicted octanol–water partition coefficient (Wildman–Crippen LogP) is 6.07. The van der Waals surface area contributed by atoms with Crippen LogP contribution in [0.5, 0.6) is 0 Å². The van der Waals surface area contributed by atoms with Crippen LogP contribution in [0, 0.1) is 11.8 Å². The minimum absolute atomic E-state index is 0. The van der Waals surface area contributed by atoms with E-state index < -0.39 is 15.9 Å². The molecule has 2 aliphatic rings. The molecule has 2 atom stereocenters. The molecule has 2 aliphatic carbocycles. The van der Waals surface area contributed by atoms with Gasteiger partial charge in [0.2, 0.25) is 0 Å². The van der Waals surface area contributed by atoms with Crippen LogP contribution in [0.4, 0.5) is 0 Å². The number of rotatable bonds is 2. The third-order valence-electron chi connectivity index (χ3n) is 6.24. The van der Waals surface area contributed by atoms with Crippen LogP contribution < -0.4 is 0 Å². The molecule has 0 radical (unpaired) electrons. The third-order valence-corrected chi connectivity index (χ3v) is 26.0. The smallest absolute Gasteiger partial charge is 0.147 e. The molecule has 2 unspecified atom stereocenters. The maximum absolute atomic E-state index is 3.63. The first-order valence-corrected chi connectivity index (χ1v) is 24.1. The van der Waals surface area contributed by atoms with Gasteiger partial charge >= 0.3 is 131 Å². The van der Waals surface area contributed by atoms with Crippen molar-refractivity contribution in [2.24, 2.45) is 11.8 Å². The molecule has 0 bridgehead atoms. The molecule has 0 fully saturated rings. The number of hydrogen-bond acceptors (Lipinski definition) is 0. The van der Waals surface area contributed by atoms with Gasteiger partial charge in [-0.1, -0.05) is 0 Å². The summed E-state index contributed by atoms with van der Waals surface area (Å²) in [5, 5.41) is 0. The first-order valence-electron chi connectivity index (χ1n) is 8.32. The summed E-state index contributed by atoms with van der Waals surface area (Å²) >= 11 is -3.63. The molecule has 3 heteroatoms. The van der Waals surface area contributed by atoms with Crippen LogP contribution in [0.15, 0.2) is 41.0 Å². The summed E-state index contributed by atoms with van der Waals surface area (Å²) < 4.78 is 11.6. The predicted molar refractivity (Wildman–Crippen MR) is 105 cm³/mol. The van der Waals surface area contributed by atoms with Crippen LogP contribution in [0.3, 0.4) is 0 Å². The van der Waals surface area contributed by atoms with Gasteiger partial charge in [-0.3, -0.25) is 0 Å². The van der Waals surface area contributed by atoms with Crippen LogP contribution >= 0.6 is 12.4 Å². The Bertz CT molecular complexity index is 685. The van der Waals surface area contributed by atoms with Crippen molar-refractivity contribution in [3.05, 3.63) is 41.0 Å². The van der Waals surface area contributed by atoms with E-state index in [1.165, 1.54) is 0 Å². The maximum Gasteiger partial charge on any atom is -0.147 e. The van der Waals surface area contributed by atoms with E-state index in [-0.39, 0.29) is 12.4 Å². The third kappa shape index (κ3) is 2.78. The molecule has 0 amide bonds. The van der Waals surface area contributed by atoms with Gasteiger partial charge in [0.25, 0.3) is 0 Å². The summed E-state index contributed by atoms with van der Waals surface area (Å²) in [7, 11) is 0. The standard InChI is InChI=1S/2C8H11.3CH3.ClH.H2Si.Zr/c2*1-6-4-7(2)8(3)5-6;;;;;;/h2*4,8H,1-3H3;3*1H3;1H;1H2;. The van der Waals surface area contributed by atoms with E-state index in [4.69, 9.17) is 0 Å². The zero-order chi connectivity index (χ0) is 16.4.